The molecule has 1 rings (SSSR count). The van der Waals surface area contributed by atoms with Gasteiger partial charge in [0.2, 0.25) is 5.95 Å². The van der Waals surface area contributed by atoms with Gasteiger partial charge in [0.15, 0.2) is 0 Å². The third-order valence-electron chi connectivity index (χ3n) is 2.66. The van der Waals surface area contributed by atoms with E-state index in [0.29, 0.717) is 12.0 Å². The first kappa shape index (κ1) is 11.7. The Bertz CT molecular complexity index is 326. The number of hydrazine groups is 1. The zero-order chi connectivity index (χ0) is 11.4. The van der Waals surface area contributed by atoms with E-state index in [1.807, 2.05) is 14.0 Å². The smallest absolute Gasteiger partial charge is 0.239 e. The molecule has 0 aliphatic carbocycles. The molecule has 0 spiro atoms. The SMILES string of the molecule is CCC(C)N(C)c1nc(NN)ncc1C. The molecule has 0 aromatic carbocycles. The molecule has 15 heavy (non-hydrogen) atoms. The van der Waals surface area contributed by atoms with E-state index in [-0.39, 0.29) is 0 Å². The van der Waals surface area contributed by atoms with Crippen LogP contribution in [0.4, 0.5) is 11.8 Å². The lowest BCUT2D eigenvalue weighted by Gasteiger charge is -2.26. The number of rotatable bonds is 4. The lowest BCUT2D eigenvalue weighted by molar-refractivity contribution is 0.654. The van der Waals surface area contributed by atoms with Gasteiger partial charge in [0.25, 0.3) is 0 Å². The number of hydrogen-bond acceptors (Lipinski definition) is 5. The number of nitrogens with two attached hydrogens (primary N) is 1. The molecule has 5 nitrogen and oxygen atoms in total. The molecule has 1 heterocycles. The van der Waals surface area contributed by atoms with Crippen LogP contribution < -0.4 is 16.2 Å². The zero-order valence-electron chi connectivity index (χ0n) is 9.78. The maximum Gasteiger partial charge on any atom is 0.239 e. The molecule has 0 aliphatic rings. The van der Waals surface area contributed by atoms with Crippen molar-refractivity contribution in [3.8, 4) is 0 Å². The quantitative estimate of drug-likeness (QED) is 0.578. The van der Waals surface area contributed by atoms with Gasteiger partial charge in [-0.15, -0.1) is 0 Å². The first-order chi connectivity index (χ1) is 7.10. The van der Waals surface area contributed by atoms with Crippen LogP contribution in [0.3, 0.4) is 0 Å². The Morgan fingerprint density at radius 3 is 2.80 bits per heavy atom. The average molecular weight is 209 g/mol. The monoisotopic (exact) mass is 209 g/mol. The second-order valence-electron chi connectivity index (χ2n) is 3.71. The van der Waals surface area contributed by atoms with Crippen molar-refractivity contribution in [2.45, 2.75) is 33.2 Å². The van der Waals surface area contributed by atoms with Crippen molar-refractivity contribution in [1.29, 1.82) is 0 Å². The molecule has 5 heteroatoms. The first-order valence-electron chi connectivity index (χ1n) is 5.13. The van der Waals surface area contributed by atoms with E-state index in [2.05, 4.69) is 34.1 Å². The van der Waals surface area contributed by atoms with Crippen LogP contribution in [0.5, 0.6) is 0 Å². The maximum atomic E-state index is 5.28. The van der Waals surface area contributed by atoms with Gasteiger partial charge in [-0.05, 0) is 20.3 Å². The molecular weight excluding hydrogens is 190 g/mol. The Morgan fingerprint density at radius 2 is 2.27 bits per heavy atom. The van der Waals surface area contributed by atoms with E-state index < -0.39 is 0 Å². The summed E-state index contributed by atoms with van der Waals surface area (Å²) in [6.45, 7) is 6.31. The lowest BCUT2D eigenvalue weighted by Crippen LogP contribution is -2.30. The third kappa shape index (κ3) is 2.56. The fourth-order valence-electron chi connectivity index (χ4n) is 1.34. The van der Waals surface area contributed by atoms with Crippen LogP contribution in [-0.2, 0) is 0 Å². The van der Waals surface area contributed by atoms with Crippen LogP contribution in [0, 0.1) is 6.92 Å². The van der Waals surface area contributed by atoms with Crippen LogP contribution in [0.15, 0.2) is 6.20 Å². The molecule has 0 aliphatic heterocycles. The summed E-state index contributed by atoms with van der Waals surface area (Å²) in [6.07, 6.45) is 2.85. The highest BCUT2D eigenvalue weighted by molar-refractivity contribution is 5.48. The van der Waals surface area contributed by atoms with Gasteiger partial charge in [-0.25, -0.2) is 10.8 Å². The molecule has 0 saturated carbocycles. The van der Waals surface area contributed by atoms with E-state index in [1.165, 1.54) is 0 Å². The van der Waals surface area contributed by atoms with Crippen molar-refractivity contribution in [1.82, 2.24) is 9.97 Å². The minimum Gasteiger partial charge on any atom is -0.357 e. The Balaban J connectivity index is 3.01. The number of aryl methyl sites for hydroxylation is 1. The van der Waals surface area contributed by atoms with Gasteiger partial charge in [0, 0.05) is 24.8 Å². The van der Waals surface area contributed by atoms with Crippen molar-refractivity contribution in [3.05, 3.63) is 11.8 Å². The fourth-order valence-corrected chi connectivity index (χ4v) is 1.34. The third-order valence-corrected chi connectivity index (χ3v) is 2.66. The molecule has 0 bridgehead atoms. The Kier molecular flexibility index (Phi) is 3.85. The van der Waals surface area contributed by atoms with E-state index in [0.717, 1.165) is 17.8 Å². The van der Waals surface area contributed by atoms with Crippen LogP contribution in [-0.4, -0.2) is 23.1 Å². The highest BCUT2D eigenvalue weighted by Gasteiger charge is 2.12. The summed E-state index contributed by atoms with van der Waals surface area (Å²) >= 11 is 0. The van der Waals surface area contributed by atoms with E-state index in [1.54, 1.807) is 6.20 Å². The topological polar surface area (TPSA) is 67.1 Å². The second-order valence-corrected chi connectivity index (χ2v) is 3.71. The van der Waals surface area contributed by atoms with Gasteiger partial charge in [0.05, 0.1) is 0 Å². The summed E-state index contributed by atoms with van der Waals surface area (Å²) in [5.41, 5.74) is 3.51. The molecule has 0 amide bonds. The van der Waals surface area contributed by atoms with Gasteiger partial charge >= 0.3 is 0 Å². The van der Waals surface area contributed by atoms with Crippen molar-refractivity contribution in [3.63, 3.8) is 0 Å². The van der Waals surface area contributed by atoms with Crippen molar-refractivity contribution in [2.75, 3.05) is 17.4 Å². The summed E-state index contributed by atoms with van der Waals surface area (Å²) in [5.74, 6) is 6.66. The van der Waals surface area contributed by atoms with Gasteiger partial charge in [0.1, 0.15) is 5.82 Å². The highest BCUT2D eigenvalue weighted by atomic mass is 15.3. The van der Waals surface area contributed by atoms with Crippen molar-refractivity contribution in [2.24, 2.45) is 5.84 Å². The normalized spacial score (nSPS) is 12.3. The Hall–Kier alpha value is -1.36. The van der Waals surface area contributed by atoms with Crippen LogP contribution in [0.25, 0.3) is 0 Å². The van der Waals surface area contributed by atoms with Gasteiger partial charge in [-0.1, -0.05) is 6.92 Å². The molecule has 1 aromatic rings. The fraction of sp³-hybridized carbons (Fsp3) is 0.600. The molecule has 1 atom stereocenters. The number of hydrogen-bond donors (Lipinski definition) is 2. The predicted octanol–water partition coefficient (Wildman–Crippen LogP) is 1.31. The van der Waals surface area contributed by atoms with E-state index in [4.69, 9.17) is 5.84 Å². The summed E-state index contributed by atoms with van der Waals surface area (Å²) in [5, 5.41) is 0. The summed E-state index contributed by atoms with van der Waals surface area (Å²) in [7, 11) is 2.03. The van der Waals surface area contributed by atoms with E-state index >= 15 is 0 Å². The van der Waals surface area contributed by atoms with Crippen LogP contribution in [0.1, 0.15) is 25.8 Å². The molecular formula is C10H19N5. The number of anilines is 2. The standard InChI is InChI=1S/C10H19N5/c1-5-8(3)15(4)9-7(2)6-12-10(13-9)14-11/h6,8H,5,11H2,1-4H3,(H,12,13,14). The van der Waals surface area contributed by atoms with Gasteiger partial charge in [-0.3, -0.25) is 5.43 Å². The molecule has 84 valence electrons. The first-order valence-corrected chi connectivity index (χ1v) is 5.13. The van der Waals surface area contributed by atoms with E-state index in [9.17, 15) is 0 Å². The van der Waals surface area contributed by atoms with Crippen LogP contribution >= 0.6 is 0 Å². The average Bonchev–Trinajstić information content (AvgIpc) is 2.27. The molecule has 1 aromatic heterocycles. The number of aromatic nitrogens is 2. The van der Waals surface area contributed by atoms with Crippen molar-refractivity contribution < 1.29 is 0 Å². The summed E-state index contributed by atoms with van der Waals surface area (Å²) in [4.78, 5) is 10.5. The van der Waals surface area contributed by atoms with Crippen molar-refractivity contribution >= 4 is 11.8 Å². The molecule has 0 radical (unpaired) electrons. The summed E-state index contributed by atoms with van der Waals surface area (Å²) in [6, 6.07) is 0.448. The molecule has 0 saturated heterocycles. The van der Waals surface area contributed by atoms with Gasteiger partial charge in [-0.2, -0.15) is 4.98 Å². The molecule has 3 N–H and O–H groups in total. The second kappa shape index (κ2) is 4.93. The zero-order valence-corrected chi connectivity index (χ0v) is 9.78. The minimum absolute atomic E-state index is 0.448. The Morgan fingerprint density at radius 1 is 1.60 bits per heavy atom. The highest BCUT2D eigenvalue weighted by Crippen LogP contribution is 2.19. The largest absolute Gasteiger partial charge is 0.357 e. The predicted molar refractivity (Wildman–Crippen MR) is 62.7 cm³/mol. The van der Waals surface area contributed by atoms with Gasteiger partial charge < -0.3 is 4.90 Å². The molecule has 1 unspecified atom stereocenters. The number of nitrogens with zero attached hydrogens (tertiary/aromatic N) is 3. The minimum atomic E-state index is 0.448. The van der Waals surface area contributed by atoms with Crippen LogP contribution in [0.2, 0.25) is 0 Å². The number of nitrogens with one attached hydrogen (secondary N) is 1. The molecule has 0 fully saturated rings. The number of nitrogen functional groups attached to an aromatic ring is 1. The maximum absolute atomic E-state index is 5.28. The Labute approximate surface area is 90.7 Å². The lowest BCUT2D eigenvalue weighted by atomic mass is 10.2. The summed E-state index contributed by atoms with van der Waals surface area (Å²) < 4.78 is 0.